The molecule has 0 saturated carbocycles. The summed E-state index contributed by atoms with van der Waals surface area (Å²) in [6, 6.07) is 12.2. The van der Waals surface area contributed by atoms with Crippen molar-refractivity contribution in [3.8, 4) is 0 Å². The summed E-state index contributed by atoms with van der Waals surface area (Å²) in [5.41, 5.74) is 2.56. The van der Waals surface area contributed by atoms with Crippen LogP contribution in [-0.2, 0) is 16.6 Å². The van der Waals surface area contributed by atoms with Crippen molar-refractivity contribution in [2.75, 3.05) is 11.9 Å². The first kappa shape index (κ1) is 22.2. The van der Waals surface area contributed by atoms with Gasteiger partial charge in [0.25, 0.3) is 5.91 Å². The van der Waals surface area contributed by atoms with Crippen LogP contribution in [0.2, 0.25) is 0 Å². The van der Waals surface area contributed by atoms with Gasteiger partial charge in [-0.15, -0.1) is 0 Å². The molecule has 0 spiro atoms. The highest BCUT2D eigenvalue weighted by Gasteiger charge is 2.31. The molecule has 0 bridgehead atoms. The molecule has 2 heterocycles. The van der Waals surface area contributed by atoms with E-state index in [1.54, 1.807) is 34.4 Å². The van der Waals surface area contributed by atoms with Crippen LogP contribution in [0.15, 0.2) is 60.0 Å². The lowest BCUT2D eigenvalue weighted by atomic mass is 10.1. The van der Waals surface area contributed by atoms with E-state index in [0.717, 1.165) is 24.8 Å². The zero-order chi connectivity index (χ0) is 22.7. The molecule has 9 heteroatoms. The zero-order valence-electron chi connectivity index (χ0n) is 18.2. The van der Waals surface area contributed by atoms with E-state index >= 15 is 0 Å². The van der Waals surface area contributed by atoms with Gasteiger partial charge in [-0.05, 0) is 56.0 Å². The predicted octanol–water partition coefficient (Wildman–Crippen LogP) is 3.45. The number of para-hydroxylation sites is 1. The smallest absolute Gasteiger partial charge is 0.255 e. The molecule has 32 heavy (non-hydrogen) atoms. The van der Waals surface area contributed by atoms with Crippen LogP contribution in [0.25, 0.3) is 0 Å². The number of nitrogens with zero attached hydrogens (tertiary/aromatic N) is 4. The Morgan fingerprint density at radius 1 is 1.19 bits per heavy atom. The van der Waals surface area contributed by atoms with Crippen molar-refractivity contribution in [1.29, 1.82) is 0 Å². The molecule has 0 aliphatic carbocycles. The summed E-state index contributed by atoms with van der Waals surface area (Å²) in [6.45, 7) is 4.70. The van der Waals surface area contributed by atoms with Crippen molar-refractivity contribution in [2.45, 2.75) is 50.6 Å². The van der Waals surface area contributed by atoms with E-state index in [0.29, 0.717) is 29.9 Å². The van der Waals surface area contributed by atoms with E-state index in [2.05, 4.69) is 15.4 Å². The van der Waals surface area contributed by atoms with Crippen LogP contribution in [-0.4, -0.2) is 46.0 Å². The van der Waals surface area contributed by atoms with Crippen molar-refractivity contribution in [1.82, 2.24) is 19.1 Å². The first-order valence-corrected chi connectivity index (χ1v) is 12.1. The highest BCUT2D eigenvalue weighted by Crippen LogP contribution is 2.27. The van der Waals surface area contributed by atoms with Gasteiger partial charge in [-0.3, -0.25) is 4.79 Å². The molecule has 3 aromatic rings. The maximum absolute atomic E-state index is 13.3. The molecule has 168 valence electrons. The number of amides is 1. The first-order chi connectivity index (χ1) is 15.4. The number of carbonyl (C=O) groups excluding carboxylic acids is 1. The second-order valence-corrected chi connectivity index (χ2v) is 10.0. The number of aryl methyl sites for hydroxylation is 1. The summed E-state index contributed by atoms with van der Waals surface area (Å²) in [5.74, 6) is -0.350. The molecule has 1 amide bonds. The second kappa shape index (κ2) is 9.22. The maximum atomic E-state index is 13.3. The van der Waals surface area contributed by atoms with Crippen LogP contribution in [0.1, 0.15) is 47.7 Å². The zero-order valence-corrected chi connectivity index (χ0v) is 19.0. The monoisotopic (exact) mass is 453 g/mol. The van der Waals surface area contributed by atoms with E-state index in [4.69, 9.17) is 0 Å². The van der Waals surface area contributed by atoms with E-state index in [1.807, 2.05) is 31.2 Å². The SMILES string of the molecule is Cc1ccc(S(=O)(=O)N2CCCCC2C)cc1C(=O)Nc1ccccc1Cn1cncn1. The van der Waals surface area contributed by atoms with Crippen molar-refractivity contribution in [3.05, 3.63) is 71.8 Å². The van der Waals surface area contributed by atoms with Gasteiger partial charge >= 0.3 is 0 Å². The molecule has 1 unspecified atom stereocenters. The summed E-state index contributed by atoms with van der Waals surface area (Å²) in [7, 11) is -3.66. The Hall–Kier alpha value is -3.04. The molecular formula is C23H27N5O3S. The van der Waals surface area contributed by atoms with Crippen molar-refractivity contribution in [3.63, 3.8) is 0 Å². The topological polar surface area (TPSA) is 97.2 Å². The fourth-order valence-electron chi connectivity index (χ4n) is 4.03. The minimum absolute atomic E-state index is 0.0454. The summed E-state index contributed by atoms with van der Waals surface area (Å²) >= 11 is 0. The molecule has 1 atom stereocenters. The number of sulfonamides is 1. The molecule has 1 saturated heterocycles. The minimum atomic E-state index is -3.66. The molecule has 1 N–H and O–H groups in total. The summed E-state index contributed by atoms with van der Waals surface area (Å²) in [4.78, 5) is 17.3. The third-order valence-corrected chi connectivity index (χ3v) is 7.88. The normalized spacial score (nSPS) is 17.2. The lowest BCUT2D eigenvalue weighted by molar-refractivity contribution is 0.102. The van der Waals surface area contributed by atoms with E-state index in [9.17, 15) is 13.2 Å². The van der Waals surface area contributed by atoms with E-state index in [1.165, 1.54) is 12.4 Å². The lowest BCUT2D eigenvalue weighted by Gasteiger charge is -2.32. The standard InChI is InChI=1S/C23H27N5O3S/c1-17-10-11-20(32(30,31)28-12-6-5-7-18(28)2)13-21(17)23(29)26-22-9-4-3-8-19(22)14-27-16-24-15-25-27/h3-4,8-11,13,15-16,18H,5-7,12,14H2,1-2H3,(H,26,29). The maximum Gasteiger partial charge on any atom is 0.255 e. The number of carbonyl (C=O) groups is 1. The largest absolute Gasteiger partial charge is 0.322 e. The average molecular weight is 454 g/mol. The Morgan fingerprint density at radius 2 is 2.00 bits per heavy atom. The van der Waals surface area contributed by atoms with Gasteiger partial charge in [-0.2, -0.15) is 9.40 Å². The van der Waals surface area contributed by atoms with Crippen LogP contribution < -0.4 is 5.32 Å². The average Bonchev–Trinajstić information content (AvgIpc) is 3.28. The molecule has 1 fully saturated rings. The fraction of sp³-hybridized carbons (Fsp3) is 0.348. The van der Waals surface area contributed by atoms with Crippen molar-refractivity contribution >= 4 is 21.6 Å². The number of rotatable bonds is 6. The summed E-state index contributed by atoms with van der Waals surface area (Å²) in [6.07, 6.45) is 5.80. The molecule has 8 nitrogen and oxygen atoms in total. The third-order valence-electron chi connectivity index (χ3n) is 5.87. The number of piperidine rings is 1. The molecule has 4 rings (SSSR count). The Balaban J connectivity index is 1.60. The highest BCUT2D eigenvalue weighted by atomic mass is 32.2. The Morgan fingerprint density at radius 3 is 2.75 bits per heavy atom. The number of benzene rings is 2. The number of anilines is 1. The lowest BCUT2D eigenvalue weighted by Crippen LogP contribution is -2.42. The van der Waals surface area contributed by atoms with Gasteiger partial charge in [0.2, 0.25) is 10.0 Å². The predicted molar refractivity (Wildman–Crippen MR) is 122 cm³/mol. The van der Waals surface area contributed by atoms with Crippen LogP contribution in [0.5, 0.6) is 0 Å². The highest BCUT2D eigenvalue weighted by molar-refractivity contribution is 7.89. The Kier molecular flexibility index (Phi) is 6.38. The fourth-order valence-corrected chi connectivity index (χ4v) is 5.76. The van der Waals surface area contributed by atoms with Crippen molar-refractivity contribution in [2.24, 2.45) is 0 Å². The van der Waals surface area contributed by atoms with Gasteiger partial charge in [0.05, 0.1) is 11.4 Å². The number of nitrogens with one attached hydrogen (secondary N) is 1. The summed E-state index contributed by atoms with van der Waals surface area (Å²) < 4.78 is 29.7. The Bertz CT molecular complexity index is 1210. The molecule has 1 aromatic heterocycles. The van der Waals surface area contributed by atoms with Crippen LogP contribution in [0, 0.1) is 6.92 Å². The quantitative estimate of drug-likeness (QED) is 0.617. The van der Waals surface area contributed by atoms with E-state index in [-0.39, 0.29) is 16.8 Å². The molecule has 1 aliphatic rings. The molecule has 0 radical (unpaired) electrons. The van der Waals surface area contributed by atoms with Gasteiger partial charge in [0.15, 0.2) is 0 Å². The van der Waals surface area contributed by atoms with Gasteiger partial charge in [0, 0.05) is 23.8 Å². The van der Waals surface area contributed by atoms with Crippen LogP contribution in [0.4, 0.5) is 5.69 Å². The van der Waals surface area contributed by atoms with E-state index < -0.39 is 10.0 Å². The molecule has 2 aromatic carbocycles. The van der Waals surface area contributed by atoms with Gasteiger partial charge in [-0.1, -0.05) is 30.7 Å². The van der Waals surface area contributed by atoms with Crippen molar-refractivity contribution < 1.29 is 13.2 Å². The minimum Gasteiger partial charge on any atom is -0.322 e. The Labute approximate surface area is 188 Å². The first-order valence-electron chi connectivity index (χ1n) is 10.7. The van der Waals surface area contributed by atoms with Gasteiger partial charge < -0.3 is 5.32 Å². The molecular weight excluding hydrogens is 426 g/mol. The third kappa shape index (κ3) is 4.58. The van der Waals surface area contributed by atoms with Crippen LogP contribution in [0.3, 0.4) is 0 Å². The number of aromatic nitrogens is 3. The number of hydrogen-bond acceptors (Lipinski definition) is 5. The van der Waals surface area contributed by atoms with Gasteiger partial charge in [0.1, 0.15) is 12.7 Å². The molecule has 1 aliphatic heterocycles. The van der Waals surface area contributed by atoms with Gasteiger partial charge in [-0.25, -0.2) is 18.1 Å². The summed E-state index contributed by atoms with van der Waals surface area (Å²) in [5, 5.41) is 7.05. The number of hydrogen-bond donors (Lipinski definition) is 1. The van der Waals surface area contributed by atoms with Crippen LogP contribution >= 0.6 is 0 Å². The second-order valence-electron chi connectivity index (χ2n) is 8.14.